The first-order chi connectivity index (χ1) is 11.4. The van der Waals surface area contributed by atoms with E-state index in [2.05, 4.69) is 5.32 Å². The van der Waals surface area contributed by atoms with Crippen molar-refractivity contribution in [3.63, 3.8) is 0 Å². The van der Waals surface area contributed by atoms with Gasteiger partial charge in [-0.3, -0.25) is 14.4 Å². The minimum Gasteiger partial charge on any atom is -0.345 e. The molecule has 5 nitrogen and oxygen atoms in total. The summed E-state index contributed by atoms with van der Waals surface area (Å²) in [5.41, 5.74) is 0.886. The Morgan fingerprint density at radius 2 is 1.75 bits per heavy atom. The van der Waals surface area contributed by atoms with Crippen LogP contribution in [0.4, 0.5) is 5.69 Å². The molecule has 1 aromatic heterocycles. The molecule has 0 unspecified atom stereocenters. The highest BCUT2D eigenvalue weighted by Gasteiger charge is 2.16. The number of para-hydroxylation sites is 1. The molecule has 0 spiro atoms. The highest BCUT2D eigenvalue weighted by Crippen LogP contribution is 2.19. The Labute approximate surface area is 145 Å². The number of carbonyl (C=O) groups excluding carboxylic acids is 3. The van der Waals surface area contributed by atoms with Gasteiger partial charge in [0.05, 0.1) is 16.1 Å². The molecule has 126 valence electrons. The molecule has 0 bridgehead atoms. The Morgan fingerprint density at radius 3 is 2.38 bits per heavy atom. The van der Waals surface area contributed by atoms with Crippen molar-refractivity contribution in [3.05, 3.63) is 51.7 Å². The molecule has 0 atom stereocenters. The van der Waals surface area contributed by atoms with Crippen molar-refractivity contribution in [1.82, 2.24) is 4.90 Å². The molecule has 6 heteroatoms. The van der Waals surface area contributed by atoms with Gasteiger partial charge in [-0.05, 0) is 31.2 Å². The summed E-state index contributed by atoms with van der Waals surface area (Å²) in [6.07, 6.45) is 0.232. The second-order valence-corrected chi connectivity index (χ2v) is 6.91. The quantitative estimate of drug-likeness (QED) is 0.817. The maximum atomic E-state index is 12.1. The van der Waals surface area contributed by atoms with Crippen LogP contribution in [0.2, 0.25) is 0 Å². The van der Waals surface area contributed by atoms with Gasteiger partial charge in [0, 0.05) is 31.8 Å². The number of rotatable bonds is 6. The third-order valence-corrected chi connectivity index (χ3v) is 4.47. The van der Waals surface area contributed by atoms with Crippen LogP contribution in [0, 0.1) is 6.92 Å². The third kappa shape index (κ3) is 4.52. The van der Waals surface area contributed by atoms with Crippen molar-refractivity contribution in [2.75, 3.05) is 19.4 Å². The second-order valence-electron chi connectivity index (χ2n) is 5.63. The number of hydrogen-bond donors (Lipinski definition) is 1. The molecule has 0 aliphatic carbocycles. The predicted octanol–water partition coefficient (Wildman–Crippen LogP) is 3.36. The van der Waals surface area contributed by atoms with Crippen LogP contribution in [0.3, 0.4) is 0 Å². The number of thiophene rings is 1. The zero-order chi connectivity index (χ0) is 17.7. The third-order valence-electron chi connectivity index (χ3n) is 3.43. The zero-order valence-electron chi connectivity index (χ0n) is 14.0. The van der Waals surface area contributed by atoms with Crippen LogP contribution in [0.25, 0.3) is 0 Å². The molecule has 2 rings (SSSR count). The molecule has 0 aliphatic heterocycles. The standard InChI is InChI=1S/C18H20N2O3S/c1-12-8-10-16(24-12)15(21)9-11-17(22)19-14-7-5-4-6-13(14)18(23)20(2)3/h4-8,10H,9,11H2,1-3H3,(H,19,22). The number of carbonyl (C=O) groups is 3. The van der Waals surface area contributed by atoms with Gasteiger partial charge in [-0.1, -0.05) is 12.1 Å². The van der Waals surface area contributed by atoms with Crippen LogP contribution in [0.1, 0.15) is 37.7 Å². The minimum atomic E-state index is -0.282. The zero-order valence-corrected chi connectivity index (χ0v) is 14.8. The summed E-state index contributed by atoms with van der Waals surface area (Å²) in [5.74, 6) is -0.507. The molecular weight excluding hydrogens is 324 g/mol. The first-order valence-electron chi connectivity index (χ1n) is 7.58. The SMILES string of the molecule is Cc1ccc(C(=O)CCC(=O)Nc2ccccc2C(=O)N(C)C)s1. The van der Waals surface area contributed by atoms with Crippen LogP contribution in [-0.4, -0.2) is 36.6 Å². The summed E-state index contributed by atoms with van der Waals surface area (Å²) in [7, 11) is 3.31. The first kappa shape index (κ1) is 17.9. The molecule has 0 fully saturated rings. The maximum absolute atomic E-state index is 12.1. The van der Waals surface area contributed by atoms with Crippen LogP contribution < -0.4 is 5.32 Å². The summed E-state index contributed by atoms with van der Waals surface area (Å²) in [6.45, 7) is 1.94. The number of anilines is 1. The van der Waals surface area contributed by atoms with Crippen molar-refractivity contribution >= 4 is 34.6 Å². The Morgan fingerprint density at radius 1 is 1.04 bits per heavy atom. The van der Waals surface area contributed by atoms with Crippen LogP contribution in [0.5, 0.6) is 0 Å². The minimum absolute atomic E-state index is 0.0408. The number of nitrogens with zero attached hydrogens (tertiary/aromatic N) is 1. The summed E-state index contributed by atoms with van der Waals surface area (Å²) in [6, 6.07) is 10.5. The van der Waals surface area contributed by atoms with E-state index < -0.39 is 0 Å². The van der Waals surface area contributed by atoms with Gasteiger partial charge < -0.3 is 10.2 Å². The summed E-state index contributed by atoms with van der Waals surface area (Å²) >= 11 is 1.43. The molecule has 24 heavy (non-hydrogen) atoms. The van der Waals surface area contributed by atoms with Crippen LogP contribution in [0.15, 0.2) is 36.4 Å². The lowest BCUT2D eigenvalue weighted by Gasteiger charge is -2.14. The van der Waals surface area contributed by atoms with E-state index in [-0.39, 0.29) is 30.4 Å². The molecule has 1 aromatic carbocycles. The predicted molar refractivity (Wildman–Crippen MR) is 95.7 cm³/mol. The highest BCUT2D eigenvalue weighted by molar-refractivity contribution is 7.14. The molecular formula is C18H20N2O3S. The van der Waals surface area contributed by atoms with Crippen molar-refractivity contribution in [2.45, 2.75) is 19.8 Å². The average Bonchev–Trinajstić information content (AvgIpc) is 2.99. The highest BCUT2D eigenvalue weighted by atomic mass is 32.1. The molecule has 0 aliphatic rings. The fraction of sp³-hybridized carbons (Fsp3) is 0.278. The van der Waals surface area contributed by atoms with Gasteiger partial charge in [-0.25, -0.2) is 0 Å². The maximum Gasteiger partial charge on any atom is 0.255 e. The largest absolute Gasteiger partial charge is 0.345 e. The molecule has 0 radical (unpaired) electrons. The summed E-state index contributed by atoms with van der Waals surface area (Å²) < 4.78 is 0. The Kier molecular flexibility index (Phi) is 5.87. The van der Waals surface area contributed by atoms with Gasteiger partial charge >= 0.3 is 0 Å². The Bertz CT molecular complexity index is 765. The average molecular weight is 344 g/mol. The number of amides is 2. The van der Waals surface area contributed by atoms with E-state index in [1.165, 1.54) is 16.2 Å². The van der Waals surface area contributed by atoms with Gasteiger partial charge in [0.15, 0.2) is 5.78 Å². The smallest absolute Gasteiger partial charge is 0.255 e. The van der Waals surface area contributed by atoms with E-state index in [0.717, 1.165) is 4.88 Å². The lowest BCUT2D eigenvalue weighted by atomic mass is 10.1. The molecule has 1 N–H and O–H groups in total. The number of hydrogen-bond acceptors (Lipinski definition) is 4. The molecule has 0 saturated heterocycles. The lowest BCUT2D eigenvalue weighted by molar-refractivity contribution is -0.116. The molecule has 0 saturated carbocycles. The van der Waals surface area contributed by atoms with Crippen LogP contribution in [-0.2, 0) is 4.79 Å². The number of aryl methyl sites for hydroxylation is 1. The number of ketones is 1. The van der Waals surface area contributed by atoms with Gasteiger partial charge in [0.25, 0.3) is 5.91 Å². The number of benzene rings is 1. The first-order valence-corrected chi connectivity index (χ1v) is 8.40. The van der Waals surface area contributed by atoms with Crippen molar-refractivity contribution in [3.8, 4) is 0 Å². The molecule has 2 aromatic rings. The fourth-order valence-electron chi connectivity index (χ4n) is 2.17. The van der Waals surface area contributed by atoms with E-state index >= 15 is 0 Å². The second kappa shape index (κ2) is 7.88. The van der Waals surface area contributed by atoms with Crippen molar-refractivity contribution in [2.24, 2.45) is 0 Å². The van der Waals surface area contributed by atoms with Crippen molar-refractivity contribution < 1.29 is 14.4 Å². The van der Waals surface area contributed by atoms with E-state index in [1.54, 1.807) is 44.4 Å². The van der Waals surface area contributed by atoms with Crippen molar-refractivity contribution in [1.29, 1.82) is 0 Å². The topological polar surface area (TPSA) is 66.5 Å². The van der Waals surface area contributed by atoms with Gasteiger partial charge in [-0.15, -0.1) is 11.3 Å². The summed E-state index contributed by atoms with van der Waals surface area (Å²) in [4.78, 5) is 39.5. The van der Waals surface area contributed by atoms with E-state index in [4.69, 9.17) is 0 Å². The van der Waals surface area contributed by atoms with Gasteiger partial charge in [0.1, 0.15) is 0 Å². The fourth-order valence-corrected chi connectivity index (χ4v) is 3.00. The van der Waals surface area contributed by atoms with E-state index in [9.17, 15) is 14.4 Å². The Hall–Kier alpha value is -2.47. The molecule has 1 heterocycles. The Balaban J connectivity index is 1.98. The van der Waals surface area contributed by atoms with E-state index in [1.807, 2.05) is 13.0 Å². The number of nitrogens with one attached hydrogen (secondary N) is 1. The van der Waals surface area contributed by atoms with Crippen LogP contribution >= 0.6 is 11.3 Å². The normalized spacial score (nSPS) is 10.3. The monoisotopic (exact) mass is 344 g/mol. The number of Topliss-reactive ketones (excluding diaryl/α,β-unsaturated/α-hetero) is 1. The van der Waals surface area contributed by atoms with Gasteiger partial charge in [0.2, 0.25) is 5.91 Å². The lowest BCUT2D eigenvalue weighted by Crippen LogP contribution is -2.24. The van der Waals surface area contributed by atoms with Gasteiger partial charge in [-0.2, -0.15) is 0 Å². The molecule has 2 amide bonds. The summed E-state index contributed by atoms with van der Waals surface area (Å²) in [5, 5.41) is 2.72. The van der Waals surface area contributed by atoms with E-state index in [0.29, 0.717) is 16.1 Å².